The van der Waals surface area contributed by atoms with E-state index in [9.17, 15) is 18.0 Å². The van der Waals surface area contributed by atoms with E-state index in [0.717, 1.165) is 74.6 Å². The second kappa shape index (κ2) is 13.4. The molecule has 2 N–H and O–H groups in total. The lowest BCUT2D eigenvalue weighted by atomic mass is 9.91. The standard InChI is InChI=1S/C33H38F4N4O/c1-23-20-40(16-15-39-23)21-26-3-2-4-28(18-26)30-19-27(7-10-31(30)34)22-41(32(42)33(35,36)37)29-8-5-24(6-9-29)17-25-11-13-38-14-12-25/h2-10,18-19,23,25,38-39H,11-17,20-22H2,1H3/t23-/m0/s1. The van der Waals surface area contributed by atoms with Crippen LogP contribution in [0.4, 0.5) is 23.2 Å². The van der Waals surface area contributed by atoms with Crippen LogP contribution in [0.2, 0.25) is 0 Å². The number of nitrogens with one attached hydrogen (secondary N) is 2. The number of benzene rings is 3. The Kier molecular flexibility index (Phi) is 9.60. The molecule has 2 heterocycles. The number of alkyl halides is 3. The molecule has 5 rings (SSSR count). The maximum atomic E-state index is 15.1. The number of carbonyl (C=O) groups excluding carboxylic acids is 1. The van der Waals surface area contributed by atoms with E-state index >= 15 is 4.39 Å². The third kappa shape index (κ3) is 7.76. The fraction of sp³-hybridized carbons (Fsp3) is 0.424. The van der Waals surface area contributed by atoms with Gasteiger partial charge in [0.15, 0.2) is 0 Å². The fourth-order valence-corrected chi connectivity index (χ4v) is 5.99. The number of anilines is 1. The van der Waals surface area contributed by atoms with Gasteiger partial charge in [0.2, 0.25) is 0 Å². The Morgan fingerprint density at radius 2 is 1.69 bits per heavy atom. The summed E-state index contributed by atoms with van der Waals surface area (Å²) in [5.41, 5.74) is 3.56. The number of hydrogen-bond acceptors (Lipinski definition) is 4. The molecular formula is C33H38F4N4O. The highest BCUT2D eigenvalue weighted by Crippen LogP contribution is 2.30. The first-order chi connectivity index (χ1) is 20.2. The zero-order chi connectivity index (χ0) is 29.7. The number of piperazine rings is 1. The number of halogens is 4. The summed E-state index contributed by atoms with van der Waals surface area (Å²) in [6.45, 7) is 7.20. The summed E-state index contributed by atoms with van der Waals surface area (Å²) >= 11 is 0. The molecular weight excluding hydrogens is 544 g/mol. The third-order valence-corrected chi connectivity index (χ3v) is 8.19. The highest BCUT2D eigenvalue weighted by Gasteiger charge is 2.43. The summed E-state index contributed by atoms with van der Waals surface area (Å²) in [5, 5.41) is 6.75. The molecule has 42 heavy (non-hydrogen) atoms. The first-order valence-corrected chi connectivity index (χ1v) is 14.7. The Morgan fingerprint density at radius 3 is 2.40 bits per heavy atom. The second-order valence-electron chi connectivity index (χ2n) is 11.6. The minimum Gasteiger partial charge on any atom is -0.317 e. The average molecular weight is 583 g/mol. The van der Waals surface area contributed by atoms with Crippen LogP contribution in [0.25, 0.3) is 11.1 Å². The van der Waals surface area contributed by atoms with E-state index in [2.05, 4.69) is 22.5 Å². The van der Waals surface area contributed by atoms with Crippen molar-refractivity contribution >= 4 is 11.6 Å². The van der Waals surface area contributed by atoms with E-state index in [4.69, 9.17) is 0 Å². The number of amides is 1. The van der Waals surface area contributed by atoms with Crippen LogP contribution in [0.5, 0.6) is 0 Å². The SMILES string of the molecule is C[C@H]1CN(Cc2cccc(-c3cc(CN(C(=O)C(F)(F)F)c4ccc(CC5CCNCC5)cc4)ccc3F)c2)CCN1. The third-order valence-electron chi connectivity index (χ3n) is 8.19. The van der Waals surface area contributed by atoms with E-state index in [1.165, 1.54) is 12.1 Å². The first kappa shape index (κ1) is 30.2. The number of piperidine rings is 1. The molecule has 0 bridgehead atoms. The highest BCUT2D eigenvalue weighted by atomic mass is 19.4. The predicted molar refractivity (Wildman–Crippen MR) is 158 cm³/mol. The van der Waals surface area contributed by atoms with Gasteiger partial charge in [-0.3, -0.25) is 9.69 Å². The van der Waals surface area contributed by atoms with E-state index in [1.54, 1.807) is 36.4 Å². The Bertz CT molecular complexity index is 1350. The molecule has 3 aromatic carbocycles. The van der Waals surface area contributed by atoms with Crippen molar-refractivity contribution in [3.63, 3.8) is 0 Å². The summed E-state index contributed by atoms with van der Waals surface area (Å²) in [6, 6.07) is 19.0. The van der Waals surface area contributed by atoms with Gasteiger partial charge in [0.25, 0.3) is 0 Å². The highest BCUT2D eigenvalue weighted by molar-refractivity contribution is 5.97. The summed E-state index contributed by atoms with van der Waals surface area (Å²) < 4.78 is 56.1. The molecule has 0 radical (unpaired) electrons. The molecule has 2 saturated heterocycles. The van der Waals surface area contributed by atoms with E-state index in [-0.39, 0.29) is 12.2 Å². The molecule has 0 unspecified atom stereocenters. The van der Waals surface area contributed by atoms with Gasteiger partial charge in [0.1, 0.15) is 5.82 Å². The molecule has 1 amide bonds. The minimum atomic E-state index is -5.05. The van der Waals surface area contributed by atoms with Crippen LogP contribution in [-0.2, 0) is 24.3 Å². The smallest absolute Gasteiger partial charge is 0.317 e. The van der Waals surface area contributed by atoms with Crippen LogP contribution in [-0.4, -0.2) is 55.7 Å². The van der Waals surface area contributed by atoms with Crippen molar-refractivity contribution in [2.75, 3.05) is 37.6 Å². The number of rotatable bonds is 8. The second-order valence-corrected chi connectivity index (χ2v) is 11.6. The Balaban J connectivity index is 1.36. The van der Waals surface area contributed by atoms with Gasteiger partial charge in [-0.2, -0.15) is 13.2 Å². The van der Waals surface area contributed by atoms with Crippen LogP contribution in [0.15, 0.2) is 66.7 Å². The van der Waals surface area contributed by atoms with Crippen molar-refractivity contribution in [3.8, 4) is 11.1 Å². The van der Waals surface area contributed by atoms with Gasteiger partial charge in [-0.1, -0.05) is 36.4 Å². The van der Waals surface area contributed by atoms with E-state index < -0.39 is 17.9 Å². The van der Waals surface area contributed by atoms with Crippen molar-refractivity contribution in [3.05, 3.63) is 89.2 Å². The normalized spacial score (nSPS) is 18.6. The van der Waals surface area contributed by atoms with Gasteiger partial charge in [-0.15, -0.1) is 0 Å². The number of nitrogens with zero attached hydrogens (tertiary/aromatic N) is 2. The molecule has 2 aliphatic heterocycles. The molecule has 0 spiro atoms. The molecule has 2 aliphatic rings. The molecule has 0 aromatic heterocycles. The minimum absolute atomic E-state index is 0.157. The Morgan fingerprint density at radius 1 is 0.952 bits per heavy atom. The lowest BCUT2D eigenvalue weighted by Crippen LogP contribution is -2.48. The summed E-state index contributed by atoms with van der Waals surface area (Å²) in [7, 11) is 0. The van der Waals surface area contributed by atoms with Crippen molar-refractivity contribution in [2.24, 2.45) is 5.92 Å². The van der Waals surface area contributed by atoms with Crippen LogP contribution in [0.1, 0.15) is 36.5 Å². The van der Waals surface area contributed by atoms with Crippen molar-refractivity contribution in [1.82, 2.24) is 15.5 Å². The van der Waals surface area contributed by atoms with Crippen LogP contribution in [0.3, 0.4) is 0 Å². The van der Waals surface area contributed by atoms with Crippen LogP contribution < -0.4 is 15.5 Å². The van der Waals surface area contributed by atoms with Gasteiger partial charge in [-0.05, 0) is 97.8 Å². The largest absolute Gasteiger partial charge is 0.471 e. The zero-order valence-corrected chi connectivity index (χ0v) is 23.9. The maximum absolute atomic E-state index is 15.1. The quantitative estimate of drug-likeness (QED) is 0.324. The van der Waals surface area contributed by atoms with Crippen molar-refractivity contribution < 1.29 is 22.4 Å². The van der Waals surface area contributed by atoms with Gasteiger partial charge < -0.3 is 15.5 Å². The van der Waals surface area contributed by atoms with E-state index in [1.807, 2.05) is 18.2 Å². The molecule has 224 valence electrons. The first-order valence-electron chi connectivity index (χ1n) is 14.7. The fourth-order valence-electron chi connectivity index (χ4n) is 5.99. The lowest BCUT2D eigenvalue weighted by molar-refractivity contribution is -0.170. The molecule has 0 aliphatic carbocycles. The molecule has 3 aromatic rings. The summed E-state index contributed by atoms with van der Waals surface area (Å²) in [6.07, 6.45) is -2.08. The topological polar surface area (TPSA) is 47.6 Å². The van der Waals surface area contributed by atoms with E-state index in [0.29, 0.717) is 28.7 Å². The van der Waals surface area contributed by atoms with Gasteiger partial charge in [0, 0.05) is 43.5 Å². The molecule has 5 nitrogen and oxygen atoms in total. The summed E-state index contributed by atoms with van der Waals surface area (Å²) in [5.74, 6) is -1.89. The molecule has 9 heteroatoms. The molecule has 0 saturated carbocycles. The Hall–Kier alpha value is -3.27. The van der Waals surface area contributed by atoms with Crippen molar-refractivity contribution in [2.45, 2.75) is 51.5 Å². The van der Waals surface area contributed by atoms with Gasteiger partial charge in [-0.25, -0.2) is 4.39 Å². The average Bonchev–Trinajstić information content (AvgIpc) is 2.97. The monoisotopic (exact) mass is 582 g/mol. The number of carbonyl (C=O) groups is 1. The van der Waals surface area contributed by atoms with Crippen molar-refractivity contribution in [1.29, 1.82) is 0 Å². The van der Waals surface area contributed by atoms with Gasteiger partial charge >= 0.3 is 12.1 Å². The predicted octanol–water partition coefficient (Wildman–Crippen LogP) is 5.92. The summed E-state index contributed by atoms with van der Waals surface area (Å²) in [4.78, 5) is 15.6. The Labute approximate surface area is 244 Å². The lowest BCUT2D eigenvalue weighted by Gasteiger charge is -2.31. The zero-order valence-electron chi connectivity index (χ0n) is 23.9. The maximum Gasteiger partial charge on any atom is 0.471 e. The van der Waals surface area contributed by atoms with Crippen LogP contribution >= 0.6 is 0 Å². The van der Waals surface area contributed by atoms with Crippen LogP contribution in [0, 0.1) is 11.7 Å². The molecule has 1 atom stereocenters. The van der Waals surface area contributed by atoms with Gasteiger partial charge in [0.05, 0.1) is 6.54 Å². The number of hydrogen-bond donors (Lipinski definition) is 2. The molecule has 2 fully saturated rings.